The number of methoxy groups -OCH3 is 1. The molecule has 5 nitrogen and oxygen atoms in total. The molecule has 1 N–H and O–H groups in total. The van der Waals surface area contributed by atoms with Crippen molar-refractivity contribution in [3.8, 4) is 5.75 Å². The summed E-state index contributed by atoms with van der Waals surface area (Å²) >= 11 is 6.35. The standard InChI is InChI=1S/C18H25ClN2O3S/c1-3-4-5-13-11-21(18-8-12(9-18)10-18)15-6-14(19)16(24-2)7-17(15)25(22,23)20-13/h6-7,12-13,20H,3-5,8-11H2,1-2H3/t12?,13-,18?/m1/s1. The van der Waals surface area contributed by atoms with Crippen molar-refractivity contribution in [3.05, 3.63) is 17.2 Å². The molecule has 0 amide bonds. The van der Waals surface area contributed by atoms with Crippen LogP contribution in [0, 0.1) is 5.92 Å². The second-order valence-corrected chi connectivity index (χ2v) is 9.82. The minimum Gasteiger partial charge on any atom is -0.495 e. The Morgan fingerprint density at radius 2 is 2.08 bits per heavy atom. The van der Waals surface area contributed by atoms with Gasteiger partial charge in [0, 0.05) is 24.2 Å². The summed E-state index contributed by atoms with van der Waals surface area (Å²) in [6, 6.07) is 3.27. The topological polar surface area (TPSA) is 58.6 Å². The van der Waals surface area contributed by atoms with Gasteiger partial charge in [-0.1, -0.05) is 31.4 Å². The minimum absolute atomic E-state index is 0.0730. The summed E-state index contributed by atoms with van der Waals surface area (Å²) in [7, 11) is -2.09. The number of ether oxygens (including phenoxy) is 1. The van der Waals surface area contributed by atoms with Gasteiger partial charge in [0.1, 0.15) is 10.6 Å². The minimum atomic E-state index is -3.60. The van der Waals surface area contributed by atoms with E-state index in [4.69, 9.17) is 16.3 Å². The quantitative estimate of drug-likeness (QED) is 0.843. The van der Waals surface area contributed by atoms with Crippen molar-refractivity contribution in [2.24, 2.45) is 5.92 Å². The molecule has 3 saturated carbocycles. The fourth-order valence-corrected chi connectivity index (χ4v) is 6.26. The lowest BCUT2D eigenvalue weighted by Gasteiger charge is -2.67. The molecule has 3 fully saturated rings. The number of hydrogen-bond donors (Lipinski definition) is 1. The highest BCUT2D eigenvalue weighted by atomic mass is 35.5. The summed E-state index contributed by atoms with van der Waals surface area (Å²) in [6.45, 7) is 2.84. The van der Waals surface area contributed by atoms with Gasteiger partial charge < -0.3 is 9.64 Å². The zero-order valence-electron chi connectivity index (χ0n) is 14.7. The van der Waals surface area contributed by atoms with Crippen molar-refractivity contribution >= 4 is 27.3 Å². The summed E-state index contributed by atoms with van der Waals surface area (Å²) in [4.78, 5) is 2.61. The fourth-order valence-electron chi connectivity index (χ4n) is 4.56. The summed E-state index contributed by atoms with van der Waals surface area (Å²) in [5.41, 5.74) is 0.860. The lowest BCUT2D eigenvalue weighted by Crippen LogP contribution is -2.69. The Morgan fingerprint density at radius 3 is 2.64 bits per heavy atom. The van der Waals surface area contributed by atoms with Gasteiger partial charge in [-0.05, 0) is 37.7 Å². The van der Waals surface area contributed by atoms with Crippen molar-refractivity contribution in [1.82, 2.24) is 4.72 Å². The number of nitrogens with one attached hydrogen (secondary N) is 1. The number of hydrogen-bond acceptors (Lipinski definition) is 4. The summed E-state index contributed by atoms with van der Waals surface area (Å²) in [6.07, 6.45) is 6.41. The highest BCUT2D eigenvalue weighted by molar-refractivity contribution is 7.89. The maximum Gasteiger partial charge on any atom is 0.243 e. The molecule has 25 heavy (non-hydrogen) atoms. The van der Waals surface area contributed by atoms with E-state index in [0.29, 0.717) is 17.3 Å². The number of nitrogens with zero attached hydrogens (tertiary/aromatic N) is 1. The van der Waals surface area contributed by atoms with Gasteiger partial charge in [-0.25, -0.2) is 13.1 Å². The van der Waals surface area contributed by atoms with E-state index in [0.717, 1.165) is 50.1 Å². The molecule has 138 valence electrons. The molecule has 1 heterocycles. The molecule has 0 aromatic heterocycles. The summed E-state index contributed by atoms with van der Waals surface area (Å²) < 4.78 is 34.2. The second kappa shape index (κ2) is 6.03. The van der Waals surface area contributed by atoms with Crippen LogP contribution < -0.4 is 14.4 Å². The Morgan fingerprint density at radius 1 is 1.36 bits per heavy atom. The Labute approximate surface area is 154 Å². The zero-order valence-corrected chi connectivity index (χ0v) is 16.3. The molecule has 3 aliphatic carbocycles. The third kappa shape index (κ3) is 2.73. The van der Waals surface area contributed by atoms with Crippen LogP contribution in [0.15, 0.2) is 17.0 Å². The first-order valence-electron chi connectivity index (χ1n) is 9.06. The van der Waals surface area contributed by atoms with E-state index in [2.05, 4.69) is 16.5 Å². The van der Waals surface area contributed by atoms with Gasteiger partial charge in [0.15, 0.2) is 0 Å². The van der Waals surface area contributed by atoms with Crippen LogP contribution in [0.25, 0.3) is 0 Å². The predicted octanol–water partition coefficient (Wildman–Crippen LogP) is 3.56. The average molecular weight is 385 g/mol. The van der Waals surface area contributed by atoms with E-state index in [1.54, 1.807) is 12.1 Å². The van der Waals surface area contributed by atoms with Gasteiger partial charge in [-0.2, -0.15) is 0 Å². The van der Waals surface area contributed by atoms with Crippen molar-refractivity contribution in [2.75, 3.05) is 18.6 Å². The molecule has 2 bridgehead atoms. The molecule has 5 rings (SSSR count). The van der Waals surface area contributed by atoms with E-state index in [-0.39, 0.29) is 16.5 Å². The number of halogens is 1. The van der Waals surface area contributed by atoms with Crippen LogP contribution in [0.4, 0.5) is 5.69 Å². The van der Waals surface area contributed by atoms with Gasteiger partial charge in [0.2, 0.25) is 10.0 Å². The summed E-state index contributed by atoms with van der Waals surface area (Å²) in [5.74, 6) is 1.22. The zero-order chi connectivity index (χ0) is 17.8. The number of benzene rings is 1. The van der Waals surface area contributed by atoms with Crippen LogP contribution in [0.1, 0.15) is 45.4 Å². The van der Waals surface area contributed by atoms with E-state index in [1.807, 2.05) is 0 Å². The molecule has 7 heteroatoms. The van der Waals surface area contributed by atoms with E-state index in [9.17, 15) is 8.42 Å². The highest BCUT2D eigenvalue weighted by Gasteiger charge is 2.61. The van der Waals surface area contributed by atoms with Gasteiger partial charge in [0.25, 0.3) is 0 Å². The molecule has 0 saturated heterocycles. The number of anilines is 1. The van der Waals surface area contributed by atoms with Crippen LogP contribution in [0.5, 0.6) is 5.75 Å². The monoisotopic (exact) mass is 384 g/mol. The van der Waals surface area contributed by atoms with Crippen molar-refractivity contribution in [2.45, 2.75) is 61.9 Å². The number of fused-ring (bicyclic) bond motifs is 1. The Bertz CT molecular complexity index is 779. The maximum absolute atomic E-state index is 13.0. The van der Waals surface area contributed by atoms with Gasteiger partial charge >= 0.3 is 0 Å². The van der Waals surface area contributed by atoms with Crippen LogP contribution >= 0.6 is 11.6 Å². The maximum atomic E-state index is 13.0. The number of sulfonamides is 1. The normalized spacial score (nSPS) is 32.2. The van der Waals surface area contributed by atoms with Crippen LogP contribution in [-0.2, 0) is 10.0 Å². The number of unbranched alkanes of at least 4 members (excludes halogenated alkanes) is 1. The van der Waals surface area contributed by atoms with E-state index in [1.165, 1.54) is 7.11 Å². The predicted molar refractivity (Wildman–Crippen MR) is 99.1 cm³/mol. The van der Waals surface area contributed by atoms with Crippen molar-refractivity contribution in [3.63, 3.8) is 0 Å². The van der Waals surface area contributed by atoms with Crippen molar-refractivity contribution < 1.29 is 13.2 Å². The highest BCUT2D eigenvalue weighted by Crippen LogP contribution is 2.62. The third-order valence-corrected chi connectivity index (χ3v) is 7.87. The summed E-state index contributed by atoms with van der Waals surface area (Å²) in [5, 5.41) is 0.458. The molecular formula is C18H25ClN2O3S. The second-order valence-electron chi connectivity index (χ2n) is 7.73. The molecule has 0 radical (unpaired) electrons. The lowest BCUT2D eigenvalue weighted by molar-refractivity contribution is -0.0260. The molecule has 1 aliphatic heterocycles. The third-order valence-electron chi connectivity index (χ3n) is 6.02. The van der Waals surface area contributed by atoms with E-state index >= 15 is 0 Å². The van der Waals surface area contributed by atoms with Gasteiger partial charge in [-0.15, -0.1) is 0 Å². The van der Waals surface area contributed by atoms with Crippen LogP contribution in [0.2, 0.25) is 5.02 Å². The largest absolute Gasteiger partial charge is 0.495 e. The van der Waals surface area contributed by atoms with Crippen LogP contribution in [0.3, 0.4) is 0 Å². The Kier molecular flexibility index (Phi) is 4.21. The molecule has 1 aromatic rings. The SMILES string of the molecule is CCCC[C@@H]1CN(C23CC(C2)C3)c2cc(Cl)c(OC)cc2S(=O)(=O)N1. The number of rotatable bonds is 5. The first-order valence-corrected chi connectivity index (χ1v) is 10.9. The molecule has 1 aromatic carbocycles. The Balaban J connectivity index is 1.81. The first kappa shape index (κ1) is 17.4. The molecule has 0 spiro atoms. The van der Waals surface area contributed by atoms with E-state index < -0.39 is 10.0 Å². The average Bonchev–Trinajstić information content (AvgIpc) is 2.57. The molecular weight excluding hydrogens is 360 g/mol. The smallest absolute Gasteiger partial charge is 0.243 e. The fraction of sp³-hybridized carbons (Fsp3) is 0.667. The van der Waals surface area contributed by atoms with Gasteiger partial charge in [-0.3, -0.25) is 0 Å². The van der Waals surface area contributed by atoms with Gasteiger partial charge in [0.05, 0.1) is 17.8 Å². The first-order chi connectivity index (χ1) is 11.9. The van der Waals surface area contributed by atoms with Crippen LogP contribution in [-0.4, -0.2) is 33.7 Å². The molecule has 4 aliphatic rings. The molecule has 1 atom stereocenters. The van der Waals surface area contributed by atoms with Crippen molar-refractivity contribution in [1.29, 1.82) is 0 Å². The lowest BCUT2D eigenvalue weighted by atomic mass is 9.49. The molecule has 0 unspecified atom stereocenters. The Hall–Kier alpha value is -0.980.